The van der Waals surface area contributed by atoms with E-state index in [1.165, 1.54) is 4.90 Å². The largest absolute Gasteiger partial charge is 0.463 e. The van der Waals surface area contributed by atoms with Crippen molar-refractivity contribution in [3.05, 3.63) is 41.6 Å². The van der Waals surface area contributed by atoms with E-state index in [1.54, 1.807) is 13.1 Å². The highest BCUT2D eigenvalue weighted by atomic mass is 19.4. The molecular weight excluding hydrogens is 355 g/mol. The van der Waals surface area contributed by atoms with Crippen LogP contribution in [0.4, 0.5) is 24.7 Å². The van der Waals surface area contributed by atoms with E-state index < -0.39 is 11.7 Å². The minimum Gasteiger partial charge on any atom is -0.463 e. The molecule has 2 rings (SSSR count). The number of hydrogen-bond donors (Lipinski definition) is 0. The van der Waals surface area contributed by atoms with Crippen molar-refractivity contribution in [1.29, 1.82) is 0 Å². The Morgan fingerprint density at radius 3 is 2.59 bits per heavy atom. The summed E-state index contributed by atoms with van der Waals surface area (Å²) in [4.78, 5) is 9.22. The van der Waals surface area contributed by atoms with Gasteiger partial charge in [0.05, 0.1) is 6.61 Å². The van der Waals surface area contributed by atoms with Gasteiger partial charge in [0, 0.05) is 18.9 Å². The maximum absolute atomic E-state index is 13.5. The Kier molecular flexibility index (Phi) is 7.05. The zero-order chi connectivity index (χ0) is 20.0. The number of alkyl halides is 3. The van der Waals surface area contributed by atoms with E-state index in [4.69, 9.17) is 4.74 Å². The predicted molar refractivity (Wildman–Crippen MR) is 101 cm³/mol. The molecule has 0 saturated carbocycles. The van der Waals surface area contributed by atoms with Gasteiger partial charge in [-0.2, -0.15) is 18.2 Å². The van der Waals surface area contributed by atoms with Crippen LogP contribution in [0.15, 0.2) is 30.5 Å². The first-order valence-electron chi connectivity index (χ1n) is 9.18. The van der Waals surface area contributed by atoms with Crippen molar-refractivity contribution in [2.24, 2.45) is 0 Å². The fraction of sp³-hybridized carbons (Fsp3) is 0.500. The van der Waals surface area contributed by atoms with Crippen LogP contribution < -0.4 is 9.64 Å². The van der Waals surface area contributed by atoms with E-state index >= 15 is 0 Å². The Morgan fingerprint density at radius 1 is 1.22 bits per heavy atom. The molecule has 1 heterocycles. The highest BCUT2D eigenvalue weighted by molar-refractivity contribution is 5.63. The molecule has 0 amide bonds. The number of hydrogen-bond acceptors (Lipinski definition) is 4. The lowest BCUT2D eigenvalue weighted by atomic mass is 9.98. The number of aromatic nitrogens is 2. The van der Waals surface area contributed by atoms with Crippen molar-refractivity contribution in [2.45, 2.75) is 52.1 Å². The lowest BCUT2D eigenvalue weighted by molar-refractivity contribution is -0.137. The molecule has 1 unspecified atom stereocenters. The van der Waals surface area contributed by atoms with Crippen LogP contribution in [0, 0.1) is 0 Å². The summed E-state index contributed by atoms with van der Waals surface area (Å²) in [5, 5.41) is 0. The number of halogens is 3. The van der Waals surface area contributed by atoms with Crippen LogP contribution in [0.2, 0.25) is 0 Å². The zero-order valence-electron chi connectivity index (χ0n) is 16.2. The molecule has 27 heavy (non-hydrogen) atoms. The second-order valence-electron chi connectivity index (χ2n) is 6.55. The van der Waals surface area contributed by atoms with Gasteiger partial charge in [0.15, 0.2) is 5.82 Å². The number of unbranched alkanes of at least 4 members (excludes halogenated alkanes) is 1. The molecule has 0 aliphatic heterocycles. The summed E-state index contributed by atoms with van der Waals surface area (Å²) in [6.07, 6.45) is -1.12. The molecule has 0 fully saturated rings. The van der Waals surface area contributed by atoms with Crippen LogP contribution >= 0.6 is 0 Å². The van der Waals surface area contributed by atoms with Gasteiger partial charge < -0.3 is 9.64 Å². The van der Waals surface area contributed by atoms with Gasteiger partial charge in [-0.1, -0.05) is 39.3 Å². The number of benzene rings is 1. The highest BCUT2D eigenvalue weighted by Gasteiger charge is 2.36. The minimum absolute atomic E-state index is 0.0450. The average molecular weight is 381 g/mol. The molecule has 148 valence electrons. The van der Waals surface area contributed by atoms with Crippen LogP contribution in [0.1, 0.15) is 57.1 Å². The van der Waals surface area contributed by atoms with Gasteiger partial charge in [-0.3, -0.25) is 0 Å². The number of ether oxygens (including phenoxy) is 1. The minimum atomic E-state index is -4.56. The normalized spacial score (nSPS) is 12.7. The monoisotopic (exact) mass is 381 g/mol. The molecular formula is C20H26F3N3O. The topological polar surface area (TPSA) is 38.2 Å². The molecule has 4 nitrogen and oxygen atoms in total. The van der Waals surface area contributed by atoms with Crippen LogP contribution in [-0.4, -0.2) is 23.6 Å². The number of nitrogens with zero attached hydrogens (tertiary/aromatic N) is 3. The smallest absolute Gasteiger partial charge is 0.421 e. The van der Waals surface area contributed by atoms with Crippen LogP contribution in [0.3, 0.4) is 0 Å². The van der Waals surface area contributed by atoms with Gasteiger partial charge in [0.1, 0.15) is 5.56 Å². The van der Waals surface area contributed by atoms with Gasteiger partial charge in [-0.05, 0) is 36.5 Å². The van der Waals surface area contributed by atoms with E-state index in [0.29, 0.717) is 18.2 Å². The molecule has 0 spiro atoms. The number of rotatable bonds is 8. The molecule has 1 atom stereocenters. The second kappa shape index (κ2) is 9.06. The molecule has 0 N–H and O–H groups in total. The average Bonchev–Trinajstić information content (AvgIpc) is 2.66. The van der Waals surface area contributed by atoms with E-state index in [9.17, 15) is 13.2 Å². The van der Waals surface area contributed by atoms with E-state index in [1.807, 2.05) is 25.1 Å². The van der Waals surface area contributed by atoms with Gasteiger partial charge in [-0.25, -0.2) is 4.98 Å². The Balaban J connectivity index is 2.42. The van der Waals surface area contributed by atoms with Crippen molar-refractivity contribution < 1.29 is 17.9 Å². The van der Waals surface area contributed by atoms with Crippen molar-refractivity contribution >= 4 is 11.5 Å². The molecule has 1 aromatic carbocycles. The fourth-order valence-corrected chi connectivity index (χ4v) is 2.59. The highest BCUT2D eigenvalue weighted by Crippen LogP contribution is 2.38. The quantitative estimate of drug-likeness (QED) is 0.529. The first kappa shape index (κ1) is 21.0. The summed E-state index contributed by atoms with van der Waals surface area (Å²) in [7, 11) is 1.57. The first-order chi connectivity index (χ1) is 12.8. The Morgan fingerprint density at radius 2 is 1.96 bits per heavy atom. The summed E-state index contributed by atoms with van der Waals surface area (Å²) in [5.41, 5.74) is 0.821. The molecule has 2 aromatic rings. The molecule has 7 heteroatoms. The van der Waals surface area contributed by atoms with Crippen LogP contribution in [0.25, 0.3) is 0 Å². The SMILES string of the molecule is CCCCOc1ncc(C(F)(F)F)c(N(C)c2cccc(C(C)CC)c2)n1. The third-order valence-corrected chi connectivity index (χ3v) is 4.54. The van der Waals surface area contributed by atoms with E-state index in [0.717, 1.165) is 31.0 Å². The van der Waals surface area contributed by atoms with Gasteiger partial charge in [-0.15, -0.1) is 0 Å². The lowest BCUT2D eigenvalue weighted by Gasteiger charge is -2.23. The van der Waals surface area contributed by atoms with Crippen LogP contribution in [0.5, 0.6) is 6.01 Å². The van der Waals surface area contributed by atoms with Crippen molar-refractivity contribution in [2.75, 3.05) is 18.6 Å². The van der Waals surface area contributed by atoms with Crippen molar-refractivity contribution in [1.82, 2.24) is 9.97 Å². The molecule has 0 radical (unpaired) electrons. The second-order valence-corrected chi connectivity index (χ2v) is 6.55. The van der Waals surface area contributed by atoms with Gasteiger partial charge >= 0.3 is 12.2 Å². The van der Waals surface area contributed by atoms with Gasteiger partial charge in [0.25, 0.3) is 0 Å². The van der Waals surface area contributed by atoms with Crippen molar-refractivity contribution in [3.8, 4) is 6.01 Å². The molecule has 0 aliphatic carbocycles. The summed E-state index contributed by atoms with van der Waals surface area (Å²) >= 11 is 0. The van der Waals surface area contributed by atoms with Gasteiger partial charge in [0.2, 0.25) is 0 Å². The fourth-order valence-electron chi connectivity index (χ4n) is 2.59. The molecule has 0 saturated heterocycles. The lowest BCUT2D eigenvalue weighted by Crippen LogP contribution is -2.19. The summed E-state index contributed by atoms with van der Waals surface area (Å²) < 4.78 is 45.8. The molecule has 0 aliphatic rings. The summed E-state index contributed by atoms with van der Waals surface area (Å²) in [6, 6.07) is 7.45. The van der Waals surface area contributed by atoms with Crippen molar-refractivity contribution in [3.63, 3.8) is 0 Å². The zero-order valence-corrected chi connectivity index (χ0v) is 16.2. The maximum Gasteiger partial charge on any atom is 0.421 e. The number of anilines is 2. The first-order valence-corrected chi connectivity index (χ1v) is 9.18. The summed E-state index contributed by atoms with van der Waals surface area (Å²) in [5.74, 6) is 0.101. The third-order valence-electron chi connectivity index (χ3n) is 4.54. The summed E-state index contributed by atoms with van der Waals surface area (Å²) in [6.45, 7) is 6.53. The Bertz CT molecular complexity index is 749. The van der Waals surface area contributed by atoms with Crippen LogP contribution in [-0.2, 0) is 6.18 Å². The Labute approximate surface area is 158 Å². The third kappa shape index (κ3) is 5.34. The molecule has 1 aromatic heterocycles. The Hall–Kier alpha value is -2.31. The van der Waals surface area contributed by atoms with E-state index in [2.05, 4.69) is 23.8 Å². The maximum atomic E-state index is 13.5. The molecule has 0 bridgehead atoms. The standard InChI is InChI=1S/C20H26F3N3O/c1-5-7-11-27-19-24-13-17(20(21,22)23)18(25-19)26(4)16-10-8-9-15(12-16)14(3)6-2/h8-10,12-14H,5-7,11H2,1-4H3. The van der Waals surface area contributed by atoms with E-state index in [-0.39, 0.29) is 11.8 Å². The predicted octanol–water partition coefficient (Wildman–Crippen LogP) is 5.96.